The molecule has 1 amide bonds. The van der Waals surface area contributed by atoms with Gasteiger partial charge in [-0.25, -0.2) is 0 Å². The Bertz CT molecular complexity index is 1970. The first-order chi connectivity index (χ1) is 21.5. The monoisotopic (exact) mass is 631 g/mol. The van der Waals surface area contributed by atoms with E-state index in [1.54, 1.807) is 0 Å². The fourth-order valence-electron chi connectivity index (χ4n) is 6.96. The minimum atomic E-state index is -0.910. The normalized spacial score (nSPS) is 20.4. The minimum Gasteiger partial charge on any atom is -0.374 e. The van der Waals surface area contributed by atoms with E-state index in [-0.39, 0.29) is 17.4 Å². The summed E-state index contributed by atoms with van der Waals surface area (Å²) in [6.45, 7) is 5.11. The molecule has 234 valence electrons. The van der Waals surface area contributed by atoms with E-state index in [2.05, 4.69) is 58.1 Å². The van der Waals surface area contributed by atoms with E-state index in [1.165, 1.54) is 0 Å². The molecule has 0 radical (unpaired) electrons. The molecule has 2 aliphatic rings. The maximum atomic E-state index is 13.6. The smallest absolute Gasteiger partial charge is 0.211 e. The summed E-state index contributed by atoms with van der Waals surface area (Å²) in [5.74, 6) is -0.652. The van der Waals surface area contributed by atoms with E-state index in [0.29, 0.717) is 17.9 Å². The number of aryl methyl sites for hydroxylation is 2. The molecule has 2 unspecified atom stereocenters. The van der Waals surface area contributed by atoms with Crippen molar-refractivity contribution in [2.75, 3.05) is 13.6 Å². The number of nitrogens with zero attached hydrogens (tertiary/aromatic N) is 6. The molecule has 45 heavy (non-hydrogen) atoms. The molecular weight excluding hydrogens is 597 g/mol. The van der Waals surface area contributed by atoms with Crippen LogP contribution in [-0.4, -0.2) is 66.0 Å². The third-order valence-corrected chi connectivity index (χ3v) is 9.75. The van der Waals surface area contributed by atoms with Crippen molar-refractivity contribution in [2.45, 2.75) is 51.1 Å². The molecule has 1 aliphatic carbocycles. The number of benzene rings is 2. The predicted octanol–water partition coefficient (Wildman–Crippen LogP) is 5.08. The van der Waals surface area contributed by atoms with E-state index < -0.39 is 5.95 Å². The van der Waals surface area contributed by atoms with Gasteiger partial charge in [0, 0.05) is 52.2 Å². The molecule has 1 saturated heterocycles. The van der Waals surface area contributed by atoms with Gasteiger partial charge in [-0.2, -0.15) is 19.7 Å². The van der Waals surface area contributed by atoms with E-state index in [9.17, 15) is 14.0 Å². The molecule has 2 atom stereocenters. The summed E-state index contributed by atoms with van der Waals surface area (Å²) in [5.41, 5.74) is 11.9. The molecule has 7 rings (SSSR count). The molecule has 4 N–H and O–H groups in total. The van der Waals surface area contributed by atoms with Crippen molar-refractivity contribution in [3.63, 3.8) is 0 Å². The average Bonchev–Trinajstić information content (AvgIpc) is 3.83. The highest BCUT2D eigenvalue weighted by Gasteiger charge is 2.50. The van der Waals surface area contributed by atoms with Crippen LogP contribution < -0.4 is 11.1 Å². The molecule has 1 saturated carbocycles. The molecule has 13 heteroatoms. The number of amides is 1. The van der Waals surface area contributed by atoms with Crippen LogP contribution >= 0.6 is 11.6 Å². The molecule has 4 heterocycles. The SMILES string of the molecule is Cc1cc2[nH]ncc2c(-c2c(-c3ccc4c(cnn4C)c3)nn(C3CC4(CCCN4C)CC3=O)c2C)c1Cl.N/C(F)=C\NC=O. The van der Waals surface area contributed by atoms with Gasteiger partial charge in [-0.05, 0) is 70.5 Å². The van der Waals surface area contributed by atoms with Crippen molar-refractivity contribution in [1.29, 1.82) is 0 Å². The zero-order chi connectivity index (χ0) is 32.0. The Kier molecular flexibility index (Phi) is 7.96. The average molecular weight is 632 g/mol. The number of fused-ring (bicyclic) bond motifs is 2. The van der Waals surface area contributed by atoms with Crippen molar-refractivity contribution in [1.82, 2.24) is 40.0 Å². The van der Waals surface area contributed by atoms with Crippen molar-refractivity contribution in [2.24, 2.45) is 12.8 Å². The maximum Gasteiger partial charge on any atom is 0.211 e. The summed E-state index contributed by atoms with van der Waals surface area (Å²) in [6.07, 6.45) is 8.33. The number of nitrogens with one attached hydrogen (secondary N) is 2. The number of carbonyl (C=O) groups excluding carboxylic acids is 2. The molecule has 0 bridgehead atoms. The standard InChI is InChI=1S/C29H30ClN7O.C3H5FN2O/c1-16-10-21-20(15-31-33-21)26(27(16)30)25-17(2)37(23-12-29(13-24(23)38)8-5-9-35(29)3)34-28(25)18-6-7-22-19(11-18)14-32-36(22)4;4-3(5)1-6-2-7/h6-7,10-11,14-15,23H,5,8-9,12-13H2,1-4H3,(H,31,33);1-2H,5H2,(H,6,7)/b;3-1-. The van der Waals surface area contributed by atoms with Crippen molar-refractivity contribution in [3.05, 3.63) is 65.1 Å². The number of Topliss-reactive ketones (excluding diaryl/α,β-unsaturated/α-hetero) is 1. The maximum absolute atomic E-state index is 13.6. The van der Waals surface area contributed by atoms with Crippen LogP contribution in [0, 0.1) is 13.8 Å². The van der Waals surface area contributed by atoms with E-state index in [1.807, 2.05) is 47.1 Å². The third kappa shape index (κ3) is 5.27. The second kappa shape index (κ2) is 11.8. The Balaban J connectivity index is 0.000000460. The second-order valence-electron chi connectivity index (χ2n) is 11.9. The summed E-state index contributed by atoms with van der Waals surface area (Å²) in [5, 5.41) is 21.6. The predicted molar refractivity (Wildman–Crippen MR) is 172 cm³/mol. The summed E-state index contributed by atoms with van der Waals surface area (Å²) in [7, 11) is 4.09. The number of rotatable bonds is 5. The number of halogens is 2. The van der Waals surface area contributed by atoms with Gasteiger partial charge in [-0.1, -0.05) is 17.7 Å². The van der Waals surface area contributed by atoms with Crippen LogP contribution in [-0.2, 0) is 16.6 Å². The zero-order valence-corrected chi connectivity index (χ0v) is 26.3. The Morgan fingerprint density at radius 3 is 2.71 bits per heavy atom. The molecule has 11 nitrogen and oxygen atoms in total. The fraction of sp³-hybridized carbons (Fsp3) is 0.344. The Labute approximate surface area is 264 Å². The number of aromatic nitrogens is 6. The number of nitrogens with two attached hydrogens (primary N) is 1. The lowest BCUT2D eigenvalue weighted by molar-refractivity contribution is -0.120. The van der Waals surface area contributed by atoms with Crippen LogP contribution in [0.5, 0.6) is 0 Å². The van der Waals surface area contributed by atoms with Crippen LogP contribution in [0.1, 0.15) is 43.0 Å². The lowest BCUT2D eigenvalue weighted by Crippen LogP contribution is -2.39. The van der Waals surface area contributed by atoms with Crippen LogP contribution in [0.15, 0.2) is 48.8 Å². The van der Waals surface area contributed by atoms with Gasteiger partial charge in [0.05, 0.1) is 34.6 Å². The Hall–Kier alpha value is -4.55. The third-order valence-electron chi connectivity index (χ3n) is 9.26. The summed E-state index contributed by atoms with van der Waals surface area (Å²) in [4.78, 5) is 25.3. The highest BCUT2D eigenvalue weighted by Crippen LogP contribution is 2.48. The number of carbonyl (C=O) groups is 2. The van der Waals surface area contributed by atoms with Gasteiger partial charge in [0.15, 0.2) is 5.78 Å². The topological polar surface area (TPSA) is 140 Å². The molecule has 3 aromatic heterocycles. The van der Waals surface area contributed by atoms with Crippen LogP contribution in [0.3, 0.4) is 0 Å². The van der Waals surface area contributed by atoms with Gasteiger partial charge in [0.1, 0.15) is 11.7 Å². The van der Waals surface area contributed by atoms with Crippen molar-refractivity contribution < 1.29 is 14.0 Å². The number of ketones is 1. The highest BCUT2D eigenvalue weighted by atomic mass is 35.5. The first kappa shape index (κ1) is 30.5. The molecule has 2 fully saturated rings. The van der Waals surface area contributed by atoms with E-state index in [4.69, 9.17) is 16.7 Å². The zero-order valence-electron chi connectivity index (χ0n) is 25.6. The molecule has 2 aromatic carbocycles. The van der Waals surface area contributed by atoms with Gasteiger partial charge in [0.2, 0.25) is 12.4 Å². The Morgan fingerprint density at radius 1 is 1.22 bits per heavy atom. The first-order valence-corrected chi connectivity index (χ1v) is 15.1. The number of aromatic amines is 1. The second-order valence-corrected chi connectivity index (χ2v) is 12.3. The van der Waals surface area contributed by atoms with Gasteiger partial charge >= 0.3 is 0 Å². The van der Waals surface area contributed by atoms with Crippen molar-refractivity contribution >= 4 is 45.6 Å². The van der Waals surface area contributed by atoms with Gasteiger partial charge in [-0.15, -0.1) is 0 Å². The summed E-state index contributed by atoms with van der Waals surface area (Å²) in [6, 6.07) is 8.00. The number of likely N-dealkylation sites (tertiary alicyclic amines) is 1. The largest absolute Gasteiger partial charge is 0.374 e. The number of hydrogen-bond donors (Lipinski definition) is 3. The highest BCUT2D eigenvalue weighted by molar-refractivity contribution is 6.36. The molecular formula is C32H35ClFN9O2. The number of H-pyrrole nitrogens is 1. The molecule has 1 spiro atoms. The lowest BCUT2D eigenvalue weighted by atomic mass is 9.94. The van der Waals surface area contributed by atoms with Crippen LogP contribution in [0.2, 0.25) is 5.02 Å². The summed E-state index contributed by atoms with van der Waals surface area (Å²) >= 11 is 7.04. The van der Waals surface area contributed by atoms with Gasteiger partial charge < -0.3 is 16.0 Å². The molecule has 5 aromatic rings. The first-order valence-electron chi connectivity index (χ1n) is 14.7. The summed E-state index contributed by atoms with van der Waals surface area (Å²) < 4.78 is 15.2. The minimum absolute atomic E-state index is 0.0616. The van der Waals surface area contributed by atoms with Crippen LogP contribution in [0.25, 0.3) is 44.2 Å². The van der Waals surface area contributed by atoms with Crippen molar-refractivity contribution in [3.8, 4) is 22.4 Å². The lowest BCUT2D eigenvalue weighted by Gasteiger charge is -2.31. The quantitative estimate of drug-likeness (QED) is 0.182. The van der Waals surface area contributed by atoms with Gasteiger partial charge in [-0.3, -0.25) is 24.1 Å². The van der Waals surface area contributed by atoms with E-state index >= 15 is 0 Å². The van der Waals surface area contributed by atoms with E-state index in [0.717, 1.165) is 87.5 Å². The fourth-order valence-corrected chi connectivity index (χ4v) is 7.21. The van der Waals surface area contributed by atoms with Crippen LogP contribution in [0.4, 0.5) is 4.39 Å². The Morgan fingerprint density at radius 2 is 2.02 bits per heavy atom. The van der Waals surface area contributed by atoms with Gasteiger partial charge in [0.25, 0.3) is 0 Å². The number of hydrogen-bond acceptors (Lipinski definition) is 7. The molecule has 1 aliphatic heterocycles.